The van der Waals surface area contributed by atoms with E-state index in [-0.39, 0.29) is 17.8 Å². The molecule has 2 aromatic carbocycles. The van der Waals surface area contributed by atoms with Gasteiger partial charge in [-0.2, -0.15) is 0 Å². The Morgan fingerprint density at radius 1 is 1.07 bits per heavy atom. The van der Waals surface area contributed by atoms with Crippen molar-refractivity contribution in [2.45, 2.75) is 25.5 Å². The summed E-state index contributed by atoms with van der Waals surface area (Å²) in [7, 11) is 0. The van der Waals surface area contributed by atoms with Crippen LogP contribution in [0.3, 0.4) is 0 Å². The Morgan fingerprint density at radius 3 is 2.44 bits per heavy atom. The van der Waals surface area contributed by atoms with Crippen molar-refractivity contribution in [1.82, 2.24) is 10.1 Å². The molecule has 1 aromatic heterocycles. The first-order valence-electron chi connectivity index (χ1n) is 9.05. The minimum atomic E-state index is -0.429. The van der Waals surface area contributed by atoms with E-state index in [0.717, 1.165) is 11.1 Å². The molecule has 0 saturated carbocycles. The molecule has 0 aliphatic carbocycles. The smallest absolute Gasteiger partial charge is 0.293 e. The van der Waals surface area contributed by atoms with Crippen LogP contribution in [0.1, 0.15) is 36.1 Å². The van der Waals surface area contributed by atoms with E-state index in [4.69, 9.17) is 9.26 Å². The van der Waals surface area contributed by atoms with Crippen LogP contribution in [0.2, 0.25) is 0 Å². The molecular formula is C22H22N2O3. The van der Waals surface area contributed by atoms with Gasteiger partial charge < -0.3 is 14.2 Å². The van der Waals surface area contributed by atoms with E-state index in [9.17, 15) is 4.79 Å². The number of benzene rings is 2. The lowest BCUT2D eigenvalue weighted by atomic mass is 9.97. The van der Waals surface area contributed by atoms with Crippen molar-refractivity contribution in [2.75, 3.05) is 13.2 Å². The van der Waals surface area contributed by atoms with Gasteiger partial charge in [0.05, 0.1) is 18.7 Å². The topological polar surface area (TPSA) is 55.6 Å². The third-order valence-electron chi connectivity index (χ3n) is 4.92. The van der Waals surface area contributed by atoms with E-state index < -0.39 is 5.54 Å². The highest BCUT2D eigenvalue weighted by atomic mass is 16.5. The van der Waals surface area contributed by atoms with Gasteiger partial charge in [-0.05, 0) is 19.4 Å². The third kappa shape index (κ3) is 3.51. The molecule has 2 heterocycles. The third-order valence-corrected chi connectivity index (χ3v) is 4.92. The van der Waals surface area contributed by atoms with Crippen LogP contribution in [0.15, 0.2) is 71.3 Å². The number of ether oxygens (including phenoxy) is 1. The van der Waals surface area contributed by atoms with Gasteiger partial charge in [0.25, 0.3) is 5.91 Å². The molecule has 0 spiro atoms. The van der Waals surface area contributed by atoms with E-state index in [1.807, 2.05) is 79.4 Å². The summed E-state index contributed by atoms with van der Waals surface area (Å²) in [6, 6.07) is 21.4. The Kier molecular flexibility index (Phi) is 4.54. The first kappa shape index (κ1) is 17.5. The van der Waals surface area contributed by atoms with Gasteiger partial charge in [-0.1, -0.05) is 65.8 Å². The Labute approximate surface area is 158 Å². The minimum absolute atomic E-state index is 0.153. The molecule has 1 fully saturated rings. The zero-order chi connectivity index (χ0) is 18.9. The lowest BCUT2D eigenvalue weighted by molar-refractivity contribution is -0.0855. The molecule has 5 nitrogen and oxygen atoms in total. The molecule has 0 radical (unpaired) electrons. The molecule has 1 unspecified atom stereocenters. The predicted molar refractivity (Wildman–Crippen MR) is 102 cm³/mol. The second kappa shape index (κ2) is 7.00. The summed E-state index contributed by atoms with van der Waals surface area (Å²) in [4.78, 5) is 15.0. The van der Waals surface area contributed by atoms with E-state index in [1.54, 1.807) is 6.07 Å². The van der Waals surface area contributed by atoms with Crippen molar-refractivity contribution in [2.24, 2.45) is 0 Å². The van der Waals surface area contributed by atoms with Gasteiger partial charge in [0.1, 0.15) is 11.8 Å². The van der Waals surface area contributed by atoms with Crippen molar-refractivity contribution in [1.29, 1.82) is 0 Å². The molecule has 3 aromatic rings. The molecule has 4 rings (SSSR count). The summed E-state index contributed by atoms with van der Waals surface area (Å²) in [6.07, 6.45) is -0.153. The first-order valence-corrected chi connectivity index (χ1v) is 9.05. The molecule has 1 aliphatic rings. The van der Waals surface area contributed by atoms with Gasteiger partial charge in [0, 0.05) is 11.6 Å². The molecule has 5 heteroatoms. The highest BCUT2D eigenvalue weighted by molar-refractivity contribution is 5.93. The van der Waals surface area contributed by atoms with Crippen molar-refractivity contribution in [3.05, 3.63) is 78.1 Å². The zero-order valence-electron chi connectivity index (χ0n) is 15.5. The average Bonchev–Trinajstić information content (AvgIpc) is 3.19. The zero-order valence-corrected chi connectivity index (χ0v) is 15.5. The van der Waals surface area contributed by atoms with Crippen LogP contribution >= 0.6 is 0 Å². The Bertz CT molecular complexity index is 919. The minimum Gasteiger partial charge on any atom is -0.369 e. The van der Waals surface area contributed by atoms with Gasteiger partial charge in [-0.25, -0.2) is 0 Å². The molecule has 1 amide bonds. The molecule has 1 saturated heterocycles. The maximum atomic E-state index is 13.2. The predicted octanol–water partition coefficient (Wildman–Crippen LogP) is 4.33. The fourth-order valence-electron chi connectivity index (χ4n) is 3.33. The Morgan fingerprint density at radius 2 is 1.74 bits per heavy atom. The number of carbonyl (C=O) groups excluding carboxylic acids is 1. The number of aromatic nitrogens is 1. The number of amides is 1. The second-order valence-corrected chi connectivity index (χ2v) is 7.38. The maximum Gasteiger partial charge on any atom is 0.293 e. The van der Waals surface area contributed by atoms with Crippen LogP contribution in [-0.2, 0) is 4.74 Å². The molecule has 1 atom stereocenters. The molecule has 1 aliphatic heterocycles. The van der Waals surface area contributed by atoms with Crippen LogP contribution in [-0.4, -0.2) is 34.7 Å². The SMILES string of the molecule is CC1(C)COC(c2ccccc2)CN1C(=O)c1cc(-c2ccccc2)no1. The molecular weight excluding hydrogens is 340 g/mol. The van der Waals surface area contributed by atoms with Crippen LogP contribution in [0, 0.1) is 0 Å². The van der Waals surface area contributed by atoms with Crippen LogP contribution < -0.4 is 0 Å². The Hall–Kier alpha value is -2.92. The first-order chi connectivity index (χ1) is 13.0. The van der Waals surface area contributed by atoms with E-state index in [1.165, 1.54) is 0 Å². The summed E-state index contributed by atoms with van der Waals surface area (Å²) >= 11 is 0. The molecule has 27 heavy (non-hydrogen) atoms. The number of hydrogen-bond donors (Lipinski definition) is 0. The molecule has 138 valence electrons. The lowest BCUT2D eigenvalue weighted by Gasteiger charge is -2.45. The van der Waals surface area contributed by atoms with E-state index >= 15 is 0 Å². The number of carbonyl (C=O) groups is 1. The summed E-state index contributed by atoms with van der Waals surface area (Å²) in [6.45, 7) is 4.93. The summed E-state index contributed by atoms with van der Waals surface area (Å²) in [5.74, 6) is 0.0783. The summed E-state index contributed by atoms with van der Waals surface area (Å²) < 4.78 is 11.4. The Balaban J connectivity index is 1.58. The van der Waals surface area contributed by atoms with Crippen LogP contribution in [0.4, 0.5) is 0 Å². The fourth-order valence-corrected chi connectivity index (χ4v) is 3.33. The molecule has 0 bridgehead atoms. The monoisotopic (exact) mass is 362 g/mol. The van der Waals surface area contributed by atoms with E-state index in [2.05, 4.69) is 5.16 Å². The van der Waals surface area contributed by atoms with Gasteiger partial charge in [0.15, 0.2) is 0 Å². The molecule has 0 N–H and O–H groups in total. The van der Waals surface area contributed by atoms with Gasteiger partial charge in [0.2, 0.25) is 5.76 Å². The lowest BCUT2D eigenvalue weighted by Crippen LogP contribution is -2.56. The normalized spacial score (nSPS) is 19.0. The maximum absolute atomic E-state index is 13.2. The largest absolute Gasteiger partial charge is 0.369 e. The quantitative estimate of drug-likeness (QED) is 0.696. The van der Waals surface area contributed by atoms with Crippen molar-refractivity contribution in [3.63, 3.8) is 0 Å². The van der Waals surface area contributed by atoms with Crippen molar-refractivity contribution in [3.8, 4) is 11.3 Å². The van der Waals surface area contributed by atoms with Crippen LogP contribution in [0.25, 0.3) is 11.3 Å². The average molecular weight is 362 g/mol. The number of rotatable bonds is 3. The fraction of sp³-hybridized carbons (Fsp3) is 0.273. The summed E-state index contributed by atoms with van der Waals surface area (Å²) in [5.41, 5.74) is 2.21. The number of nitrogens with zero attached hydrogens (tertiary/aromatic N) is 2. The van der Waals surface area contributed by atoms with Gasteiger partial charge >= 0.3 is 0 Å². The second-order valence-electron chi connectivity index (χ2n) is 7.38. The highest BCUT2D eigenvalue weighted by Gasteiger charge is 2.40. The van der Waals surface area contributed by atoms with Crippen molar-refractivity contribution >= 4 is 5.91 Å². The van der Waals surface area contributed by atoms with Gasteiger partial charge in [-0.3, -0.25) is 4.79 Å². The van der Waals surface area contributed by atoms with Crippen LogP contribution in [0.5, 0.6) is 0 Å². The number of hydrogen-bond acceptors (Lipinski definition) is 4. The summed E-state index contributed by atoms with van der Waals surface area (Å²) in [5, 5.41) is 4.07. The van der Waals surface area contributed by atoms with Gasteiger partial charge in [-0.15, -0.1) is 0 Å². The standard InChI is InChI=1S/C22H22N2O3/c1-22(2)15-26-20(17-11-7-4-8-12-17)14-24(22)21(25)19-13-18(23-27-19)16-9-5-3-6-10-16/h3-13,20H,14-15H2,1-2H3. The van der Waals surface area contributed by atoms with E-state index in [0.29, 0.717) is 18.8 Å². The van der Waals surface area contributed by atoms with Crippen molar-refractivity contribution < 1.29 is 14.1 Å². The number of morpholine rings is 1. The highest BCUT2D eigenvalue weighted by Crippen LogP contribution is 2.32.